The second-order valence-electron chi connectivity index (χ2n) is 6.28. The van der Waals surface area contributed by atoms with E-state index in [1.165, 1.54) is 32.1 Å². The number of hydrogen-bond donors (Lipinski definition) is 3. The molecule has 0 saturated heterocycles. The molecule has 21 heavy (non-hydrogen) atoms. The highest BCUT2D eigenvalue weighted by atomic mass is 32.2. The fraction of sp³-hybridized carbons (Fsp3) is 1.00. The fourth-order valence-corrected chi connectivity index (χ4v) is 3.34. The summed E-state index contributed by atoms with van der Waals surface area (Å²) < 4.78 is 0.202. The first kappa shape index (κ1) is 21.2. The van der Waals surface area contributed by atoms with Crippen LogP contribution < -0.4 is 0 Å². The second kappa shape index (κ2) is 12.7. The van der Waals surface area contributed by atoms with Crippen molar-refractivity contribution in [2.24, 2.45) is 0 Å². The van der Waals surface area contributed by atoms with Gasteiger partial charge in [-0.3, -0.25) is 4.90 Å². The Kier molecular flexibility index (Phi) is 12.8. The van der Waals surface area contributed by atoms with Crippen molar-refractivity contribution in [1.29, 1.82) is 0 Å². The Balaban J connectivity index is 3.94. The van der Waals surface area contributed by atoms with Crippen LogP contribution >= 0.6 is 11.8 Å². The number of rotatable bonds is 14. The van der Waals surface area contributed by atoms with Gasteiger partial charge in [0.15, 0.2) is 0 Å². The minimum atomic E-state index is -0.414. The minimum Gasteiger partial charge on any atom is -0.395 e. The molecule has 0 fully saturated rings. The average molecular weight is 322 g/mol. The Morgan fingerprint density at radius 3 is 2.19 bits per heavy atom. The van der Waals surface area contributed by atoms with Crippen LogP contribution in [0.25, 0.3) is 0 Å². The zero-order chi connectivity index (χ0) is 16.1. The van der Waals surface area contributed by atoms with Crippen LogP contribution in [0, 0.1) is 0 Å². The Labute approximate surface area is 134 Å². The number of nitrogens with zero attached hydrogens (tertiary/aromatic N) is 1. The van der Waals surface area contributed by atoms with Gasteiger partial charge in [0.25, 0.3) is 0 Å². The zero-order valence-corrected chi connectivity index (χ0v) is 14.9. The molecule has 0 saturated carbocycles. The Morgan fingerprint density at radius 2 is 1.67 bits per heavy atom. The molecule has 5 heteroatoms. The van der Waals surface area contributed by atoms with Crippen molar-refractivity contribution in [3.8, 4) is 0 Å². The van der Waals surface area contributed by atoms with Crippen molar-refractivity contribution in [3.05, 3.63) is 0 Å². The van der Waals surface area contributed by atoms with Gasteiger partial charge in [0.05, 0.1) is 19.3 Å². The Hall–Kier alpha value is 0.190. The third-order valence-electron chi connectivity index (χ3n) is 3.60. The molecular formula is C16H35NO3S. The van der Waals surface area contributed by atoms with Gasteiger partial charge in [0.1, 0.15) is 0 Å². The minimum absolute atomic E-state index is 0.0583. The molecule has 0 amide bonds. The fourth-order valence-electron chi connectivity index (χ4n) is 2.30. The van der Waals surface area contributed by atoms with Gasteiger partial charge in [-0.2, -0.15) is 11.8 Å². The van der Waals surface area contributed by atoms with Gasteiger partial charge in [-0.1, -0.05) is 46.5 Å². The molecule has 0 rings (SSSR count). The van der Waals surface area contributed by atoms with E-state index in [2.05, 4.69) is 20.8 Å². The van der Waals surface area contributed by atoms with Gasteiger partial charge in [0.2, 0.25) is 0 Å². The van der Waals surface area contributed by atoms with Crippen molar-refractivity contribution in [2.75, 3.05) is 38.6 Å². The molecule has 0 aliphatic heterocycles. The molecule has 0 bridgehead atoms. The molecule has 0 aromatic rings. The highest BCUT2D eigenvalue weighted by Gasteiger charge is 2.20. The lowest BCUT2D eigenvalue weighted by Crippen LogP contribution is -2.38. The van der Waals surface area contributed by atoms with E-state index in [0.717, 1.165) is 0 Å². The molecule has 3 N–H and O–H groups in total. The first-order valence-electron chi connectivity index (χ1n) is 8.21. The van der Waals surface area contributed by atoms with Gasteiger partial charge < -0.3 is 15.3 Å². The Morgan fingerprint density at radius 1 is 1.05 bits per heavy atom. The largest absolute Gasteiger partial charge is 0.395 e. The number of hydrogen-bond acceptors (Lipinski definition) is 5. The van der Waals surface area contributed by atoms with Gasteiger partial charge in [-0.25, -0.2) is 0 Å². The average Bonchev–Trinajstić information content (AvgIpc) is 2.42. The van der Waals surface area contributed by atoms with Gasteiger partial charge in [-0.05, 0) is 6.42 Å². The zero-order valence-electron chi connectivity index (χ0n) is 14.1. The smallest absolute Gasteiger partial charge is 0.0757 e. The van der Waals surface area contributed by atoms with Crippen molar-refractivity contribution in [1.82, 2.24) is 4.90 Å². The summed E-state index contributed by atoms with van der Waals surface area (Å²) in [7, 11) is 0. The number of thioether (sulfide) groups is 1. The van der Waals surface area contributed by atoms with Crippen molar-refractivity contribution >= 4 is 11.8 Å². The van der Waals surface area contributed by atoms with E-state index in [4.69, 9.17) is 10.2 Å². The summed E-state index contributed by atoms with van der Waals surface area (Å²) >= 11 is 1.82. The summed E-state index contributed by atoms with van der Waals surface area (Å²) in [5.74, 6) is 0.703. The molecule has 0 spiro atoms. The van der Waals surface area contributed by atoms with Crippen LogP contribution in [0.5, 0.6) is 0 Å². The monoisotopic (exact) mass is 321 g/mol. The molecule has 0 aliphatic carbocycles. The maximum Gasteiger partial charge on any atom is 0.0757 e. The van der Waals surface area contributed by atoms with Gasteiger partial charge in [0, 0.05) is 30.1 Å². The summed E-state index contributed by atoms with van der Waals surface area (Å²) in [4.78, 5) is 1.90. The van der Waals surface area contributed by atoms with Crippen molar-refractivity contribution in [2.45, 2.75) is 63.7 Å². The predicted octanol–water partition coefficient (Wildman–Crippen LogP) is 2.12. The van der Waals surface area contributed by atoms with Crippen LogP contribution in [0.1, 0.15) is 52.9 Å². The summed E-state index contributed by atoms with van der Waals surface area (Å²) in [6.07, 6.45) is 5.89. The molecule has 0 radical (unpaired) electrons. The van der Waals surface area contributed by atoms with E-state index in [-0.39, 0.29) is 18.0 Å². The second-order valence-corrected chi connectivity index (χ2v) is 8.01. The highest BCUT2D eigenvalue weighted by Crippen LogP contribution is 2.30. The number of aliphatic hydroxyl groups is 3. The summed E-state index contributed by atoms with van der Waals surface area (Å²) in [5, 5.41) is 28.1. The third kappa shape index (κ3) is 12.4. The van der Waals surface area contributed by atoms with E-state index in [1.807, 2.05) is 16.7 Å². The van der Waals surface area contributed by atoms with Crippen LogP contribution in [-0.4, -0.2) is 69.7 Å². The SMILES string of the molecule is CCCCCCC(C)(C)SCC(O)CN(CCO)CCO. The van der Waals surface area contributed by atoms with Crippen LogP contribution in [-0.2, 0) is 0 Å². The molecule has 1 unspecified atom stereocenters. The number of unbranched alkanes of at least 4 members (excludes halogenated alkanes) is 3. The maximum atomic E-state index is 10.1. The van der Waals surface area contributed by atoms with Crippen LogP contribution in [0.2, 0.25) is 0 Å². The Bertz CT molecular complexity index is 234. The predicted molar refractivity (Wildman–Crippen MR) is 91.9 cm³/mol. The van der Waals surface area contributed by atoms with Crippen molar-refractivity contribution < 1.29 is 15.3 Å². The normalized spacial score (nSPS) is 13.9. The number of aliphatic hydroxyl groups excluding tert-OH is 3. The van der Waals surface area contributed by atoms with E-state index in [9.17, 15) is 5.11 Å². The van der Waals surface area contributed by atoms with E-state index >= 15 is 0 Å². The van der Waals surface area contributed by atoms with Crippen molar-refractivity contribution in [3.63, 3.8) is 0 Å². The molecule has 0 aliphatic rings. The molecule has 4 nitrogen and oxygen atoms in total. The summed E-state index contributed by atoms with van der Waals surface area (Å²) in [5.41, 5.74) is 0. The van der Waals surface area contributed by atoms with E-state index in [0.29, 0.717) is 25.4 Å². The standard InChI is InChI=1S/C16H35NO3S/c1-4-5-6-7-8-16(2,3)21-14-15(20)13-17(9-11-18)10-12-19/h15,18-20H,4-14H2,1-3H3. The molecule has 0 heterocycles. The maximum absolute atomic E-state index is 10.1. The van der Waals surface area contributed by atoms with Crippen LogP contribution in [0.3, 0.4) is 0 Å². The summed E-state index contributed by atoms with van der Waals surface area (Å²) in [6.45, 7) is 8.35. The van der Waals surface area contributed by atoms with E-state index < -0.39 is 6.10 Å². The van der Waals surface area contributed by atoms with Crippen LogP contribution in [0.4, 0.5) is 0 Å². The molecule has 0 aromatic carbocycles. The van der Waals surface area contributed by atoms with Crippen LogP contribution in [0.15, 0.2) is 0 Å². The summed E-state index contributed by atoms with van der Waals surface area (Å²) in [6, 6.07) is 0. The van der Waals surface area contributed by atoms with E-state index in [1.54, 1.807) is 0 Å². The lowest BCUT2D eigenvalue weighted by atomic mass is 10.0. The third-order valence-corrected chi connectivity index (χ3v) is 5.14. The lowest BCUT2D eigenvalue weighted by molar-refractivity contribution is 0.0993. The highest BCUT2D eigenvalue weighted by molar-refractivity contribution is 8.00. The molecule has 128 valence electrons. The first-order valence-corrected chi connectivity index (χ1v) is 9.19. The topological polar surface area (TPSA) is 63.9 Å². The molecular weight excluding hydrogens is 286 g/mol. The lowest BCUT2D eigenvalue weighted by Gasteiger charge is -2.28. The van der Waals surface area contributed by atoms with Gasteiger partial charge in [-0.15, -0.1) is 0 Å². The quantitative estimate of drug-likeness (QED) is 0.428. The molecule has 0 aromatic heterocycles. The van der Waals surface area contributed by atoms with Gasteiger partial charge >= 0.3 is 0 Å². The first-order chi connectivity index (χ1) is 9.95. The molecule has 1 atom stereocenters.